The van der Waals surface area contributed by atoms with Crippen molar-refractivity contribution < 1.29 is 17.6 Å². The van der Waals surface area contributed by atoms with Gasteiger partial charge < -0.3 is 10.3 Å². The summed E-state index contributed by atoms with van der Waals surface area (Å²) in [6.45, 7) is 0. The van der Waals surface area contributed by atoms with Crippen molar-refractivity contribution in [1.29, 1.82) is 0 Å². The molecule has 4 rings (SSSR count). The molecule has 29 heavy (non-hydrogen) atoms. The third kappa shape index (κ3) is 3.72. The van der Waals surface area contributed by atoms with Crippen molar-refractivity contribution in [3.05, 3.63) is 72.2 Å². The largest absolute Gasteiger partial charge is 0.338 e. The van der Waals surface area contributed by atoms with Crippen molar-refractivity contribution in [2.24, 2.45) is 0 Å². The molecular formula is C20H15FN4O3S. The number of rotatable bonds is 4. The minimum atomic E-state index is -3.62. The van der Waals surface area contributed by atoms with Gasteiger partial charge in [0.15, 0.2) is 9.84 Å². The van der Waals surface area contributed by atoms with Gasteiger partial charge in [0.25, 0.3) is 5.91 Å². The highest BCUT2D eigenvalue weighted by atomic mass is 32.2. The molecule has 2 N–H and O–H groups in total. The van der Waals surface area contributed by atoms with E-state index in [0.29, 0.717) is 16.9 Å². The zero-order valence-corrected chi connectivity index (χ0v) is 16.0. The van der Waals surface area contributed by atoms with Gasteiger partial charge in [-0.3, -0.25) is 4.79 Å². The van der Waals surface area contributed by atoms with E-state index in [2.05, 4.69) is 20.3 Å². The third-order valence-corrected chi connectivity index (χ3v) is 5.41. The number of anilines is 1. The van der Waals surface area contributed by atoms with Crippen LogP contribution in [0.15, 0.2) is 65.7 Å². The third-order valence-electron chi connectivity index (χ3n) is 4.26. The van der Waals surface area contributed by atoms with Crippen LogP contribution in [0.2, 0.25) is 0 Å². The van der Waals surface area contributed by atoms with Crippen LogP contribution in [0.4, 0.5) is 10.2 Å². The van der Waals surface area contributed by atoms with Crippen LogP contribution in [0.1, 0.15) is 10.4 Å². The van der Waals surface area contributed by atoms with Crippen molar-refractivity contribution >= 4 is 32.6 Å². The minimum Gasteiger partial charge on any atom is -0.338 e. The Hall–Kier alpha value is -3.59. The molecule has 7 nitrogen and oxygen atoms in total. The number of aromatic amines is 1. The quantitative estimate of drug-likeness (QED) is 0.502. The summed E-state index contributed by atoms with van der Waals surface area (Å²) in [5, 5.41) is 2.68. The average molecular weight is 410 g/mol. The van der Waals surface area contributed by atoms with Gasteiger partial charge in [-0.25, -0.2) is 22.8 Å². The lowest BCUT2D eigenvalue weighted by Crippen LogP contribution is -2.13. The molecular weight excluding hydrogens is 395 g/mol. The Labute approximate surface area is 165 Å². The second-order valence-electron chi connectivity index (χ2n) is 6.37. The number of nitrogens with zero attached hydrogens (tertiary/aromatic N) is 2. The monoisotopic (exact) mass is 410 g/mol. The van der Waals surface area contributed by atoms with E-state index in [-0.39, 0.29) is 21.8 Å². The predicted molar refractivity (Wildman–Crippen MR) is 107 cm³/mol. The van der Waals surface area contributed by atoms with Gasteiger partial charge in [-0.1, -0.05) is 12.1 Å². The van der Waals surface area contributed by atoms with Gasteiger partial charge in [0.1, 0.15) is 23.0 Å². The van der Waals surface area contributed by atoms with Gasteiger partial charge in [-0.15, -0.1) is 0 Å². The van der Waals surface area contributed by atoms with E-state index in [1.165, 1.54) is 6.07 Å². The number of carbonyl (C=O) groups excluding carboxylic acids is 1. The van der Waals surface area contributed by atoms with E-state index < -0.39 is 21.6 Å². The highest BCUT2D eigenvalue weighted by Gasteiger charge is 2.20. The number of sulfone groups is 1. The van der Waals surface area contributed by atoms with Gasteiger partial charge in [0.2, 0.25) is 0 Å². The molecule has 0 saturated carbocycles. The molecule has 0 aliphatic carbocycles. The Morgan fingerprint density at radius 3 is 2.66 bits per heavy atom. The maximum Gasteiger partial charge on any atom is 0.259 e. The molecule has 146 valence electrons. The molecule has 0 unspecified atom stereocenters. The van der Waals surface area contributed by atoms with E-state index in [4.69, 9.17) is 0 Å². The molecule has 9 heteroatoms. The fourth-order valence-electron chi connectivity index (χ4n) is 2.97. The number of hydrogen-bond donors (Lipinski definition) is 2. The first-order chi connectivity index (χ1) is 13.8. The summed E-state index contributed by atoms with van der Waals surface area (Å²) in [4.78, 5) is 24.1. The Bertz CT molecular complexity index is 1330. The minimum absolute atomic E-state index is 0.0579. The highest BCUT2D eigenvalue weighted by molar-refractivity contribution is 7.90. The van der Waals surface area contributed by atoms with Crippen molar-refractivity contribution in [1.82, 2.24) is 15.0 Å². The number of hydrogen-bond acceptors (Lipinski definition) is 5. The van der Waals surface area contributed by atoms with E-state index in [1.807, 2.05) is 0 Å². The molecule has 0 radical (unpaired) electrons. The number of halogens is 1. The first kappa shape index (κ1) is 18.8. The lowest BCUT2D eigenvalue weighted by molar-refractivity contribution is 0.102. The number of para-hydroxylation sites is 1. The van der Waals surface area contributed by atoms with Crippen molar-refractivity contribution in [2.45, 2.75) is 4.90 Å². The Kier molecular flexibility index (Phi) is 4.59. The maximum atomic E-state index is 13.8. The van der Waals surface area contributed by atoms with Gasteiger partial charge in [0, 0.05) is 18.0 Å². The zero-order chi connectivity index (χ0) is 20.6. The summed E-state index contributed by atoms with van der Waals surface area (Å²) in [6, 6.07) is 13.5. The van der Waals surface area contributed by atoms with Crippen LogP contribution in [-0.2, 0) is 9.84 Å². The summed E-state index contributed by atoms with van der Waals surface area (Å²) in [5.41, 5.74) is 1.21. The van der Waals surface area contributed by atoms with Crippen molar-refractivity contribution in [3.8, 4) is 11.4 Å². The summed E-state index contributed by atoms with van der Waals surface area (Å²) in [5.74, 6) is -0.483. The van der Waals surface area contributed by atoms with Gasteiger partial charge >= 0.3 is 0 Å². The number of nitrogens with one attached hydrogen (secondary N) is 2. The summed E-state index contributed by atoms with van der Waals surface area (Å²) >= 11 is 0. The van der Waals surface area contributed by atoms with E-state index in [0.717, 1.165) is 18.4 Å². The average Bonchev–Trinajstić information content (AvgIpc) is 3.12. The molecule has 2 aromatic carbocycles. The van der Waals surface area contributed by atoms with Crippen LogP contribution >= 0.6 is 0 Å². The fraction of sp³-hybridized carbons (Fsp3) is 0.0500. The molecule has 0 fully saturated rings. The number of aromatic nitrogens is 3. The van der Waals surface area contributed by atoms with E-state index in [1.54, 1.807) is 42.6 Å². The molecule has 4 aromatic rings. The Morgan fingerprint density at radius 1 is 1.10 bits per heavy atom. The number of carbonyl (C=O) groups is 1. The van der Waals surface area contributed by atoms with Crippen LogP contribution in [0.25, 0.3) is 22.4 Å². The SMILES string of the molecule is CS(=O)(=O)c1ccc(F)cc1-c1nc2c(C(=O)Nc3ccccn3)cccc2[nH]1. The summed E-state index contributed by atoms with van der Waals surface area (Å²) in [7, 11) is -3.62. The lowest BCUT2D eigenvalue weighted by Gasteiger charge is -2.05. The van der Waals surface area contributed by atoms with Gasteiger partial charge in [-0.2, -0.15) is 0 Å². The number of pyridine rings is 1. The maximum absolute atomic E-state index is 13.8. The standard InChI is InChI=1S/C20H15FN4O3S/c1-29(27,28)16-9-8-12(21)11-14(16)19-23-15-6-4-5-13(18(15)25-19)20(26)24-17-7-2-3-10-22-17/h2-11H,1H3,(H,23,25)(H,22,24,26). The van der Waals surface area contributed by atoms with Crippen molar-refractivity contribution in [3.63, 3.8) is 0 Å². The van der Waals surface area contributed by atoms with Gasteiger partial charge in [-0.05, 0) is 42.5 Å². The first-order valence-electron chi connectivity index (χ1n) is 8.54. The molecule has 2 heterocycles. The topological polar surface area (TPSA) is 105 Å². The van der Waals surface area contributed by atoms with Crippen LogP contribution in [0.3, 0.4) is 0 Å². The van der Waals surface area contributed by atoms with Crippen LogP contribution < -0.4 is 5.32 Å². The molecule has 0 aliphatic heterocycles. The van der Waals surface area contributed by atoms with Crippen molar-refractivity contribution in [2.75, 3.05) is 11.6 Å². The van der Waals surface area contributed by atoms with Crippen LogP contribution in [-0.4, -0.2) is 35.5 Å². The van der Waals surface area contributed by atoms with E-state index >= 15 is 0 Å². The molecule has 2 aromatic heterocycles. The fourth-order valence-corrected chi connectivity index (χ4v) is 3.84. The smallest absolute Gasteiger partial charge is 0.259 e. The zero-order valence-electron chi connectivity index (χ0n) is 15.2. The Morgan fingerprint density at radius 2 is 1.93 bits per heavy atom. The molecule has 1 amide bonds. The number of benzene rings is 2. The molecule has 0 saturated heterocycles. The normalized spacial score (nSPS) is 11.5. The van der Waals surface area contributed by atoms with E-state index in [9.17, 15) is 17.6 Å². The second-order valence-corrected chi connectivity index (χ2v) is 8.35. The molecule has 0 atom stereocenters. The molecule has 0 aliphatic rings. The number of H-pyrrole nitrogens is 1. The summed E-state index contributed by atoms with van der Waals surface area (Å²) < 4.78 is 38.0. The van der Waals surface area contributed by atoms with Crippen LogP contribution in [0.5, 0.6) is 0 Å². The van der Waals surface area contributed by atoms with Crippen LogP contribution in [0, 0.1) is 5.82 Å². The first-order valence-corrected chi connectivity index (χ1v) is 10.4. The number of amides is 1. The second kappa shape index (κ2) is 7.10. The molecule has 0 bridgehead atoms. The lowest BCUT2D eigenvalue weighted by atomic mass is 10.1. The van der Waals surface area contributed by atoms with Gasteiger partial charge in [0.05, 0.1) is 16.0 Å². The molecule has 0 spiro atoms. The predicted octanol–water partition coefficient (Wildman–Crippen LogP) is 3.42. The number of imidazole rings is 1. The Balaban J connectivity index is 1.82. The summed E-state index contributed by atoms with van der Waals surface area (Å²) in [6.07, 6.45) is 2.59. The highest BCUT2D eigenvalue weighted by Crippen LogP contribution is 2.29. The number of fused-ring (bicyclic) bond motifs is 1.